The van der Waals surface area contributed by atoms with Crippen LogP contribution in [-0.4, -0.2) is 12.6 Å². The Morgan fingerprint density at radius 1 is 1.60 bits per heavy atom. The van der Waals surface area contributed by atoms with E-state index in [0.717, 1.165) is 6.29 Å². The molecule has 0 fully saturated rings. The monoisotopic (exact) mass is 160 g/mol. The minimum Gasteiger partial charge on any atom is -0.294 e. The summed E-state index contributed by atoms with van der Waals surface area (Å²) in [6.45, 7) is 0. The molecule has 0 aromatic carbocycles. The van der Waals surface area contributed by atoms with E-state index >= 15 is 0 Å². The average Bonchev–Trinajstić information content (AvgIpc) is 1.37. The molecular formula is C2HO2Rh. The molecule has 0 saturated heterocycles. The van der Waals surface area contributed by atoms with Crippen molar-refractivity contribution in [3.8, 4) is 0 Å². The van der Waals surface area contributed by atoms with Crippen LogP contribution in [0.4, 0.5) is 0 Å². The largest absolute Gasteiger partial charge is 0.294 e. The zero-order valence-electron chi connectivity index (χ0n) is 2.23. The Bertz CT molecular complexity index is 28.6. The van der Waals surface area contributed by atoms with Crippen LogP contribution in [0.1, 0.15) is 0 Å². The SMILES string of the molecule is O=[C]C=O.[Rh]. The number of hydrogen-bond donors (Lipinski definition) is 0. The maximum atomic E-state index is 8.75. The molecule has 0 aliphatic rings. The molecule has 0 spiro atoms. The van der Waals surface area contributed by atoms with Crippen LogP contribution in [0.25, 0.3) is 0 Å². The van der Waals surface area contributed by atoms with Crippen LogP contribution in [0.15, 0.2) is 0 Å². The second-order valence-electron chi connectivity index (χ2n) is 0.236. The van der Waals surface area contributed by atoms with Gasteiger partial charge in [0.25, 0.3) is 6.29 Å². The quantitative estimate of drug-likeness (QED) is 0.288. The van der Waals surface area contributed by atoms with Gasteiger partial charge in [0.2, 0.25) is 0 Å². The summed E-state index contributed by atoms with van der Waals surface area (Å²) in [7, 11) is 0. The van der Waals surface area contributed by atoms with Crippen molar-refractivity contribution < 1.29 is 29.1 Å². The molecule has 0 aromatic rings. The van der Waals surface area contributed by atoms with Crippen LogP contribution in [0.2, 0.25) is 0 Å². The number of carbonyl (C=O) groups excluding carboxylic acids is 2. The van der Waals surface area contributed by atoms with E-state index in [1.165, 1.54) is 0 Å². The van der Waals surface area contributed by atoms with Crippen LogP contribution in [0, 0.1) is 0 Å². The van der Waals surface area contributed by atoms with Gasteiger partial charge >= 0.3 is 0 Å². The fourth-order valence-electron chi connectivity index (χ4n) is 0. The second kappa shape index (κ2) is 9.03. The third kappa shape index (κ3) is 16.5. The summed E-state index contributed by atoms with van der Waals surface area (Å²) in [4.78, 5) is 17.4. The fourth-order valence-corrected chi connectivity index (χ4v) is 0. The molecule has 30 valence electrons. The molecule has 0 N–H and O–H groups in total. The van der Waals surface area contributed by atoms with E-state index < -0.39 is 0 Å². The van der Waals surface area contributed by atoms with Crippen LogP contribution < -0.4 is 0 Å². The molecule has 0 rings (SSSR count). The Morgan fingerprint density at radius 3 is 1.80 bits per heavy atom. The Hall–Kier alpha value is -0.0366. The van der Waals surface area contributed by atoms with E-state index in [1.54, 1.807) is 0 Å². The third-order valence-electron chi connectivity index (χ3n) is 0.0481. The molecule has 2 radical (unpaired) electrons. The van der Waals surface area contributed by atoms with Gasteiger partial charge < -0.3 is 0 Å². The molecule has 3 heteroatoms. The summed E-state index contributed by atoms with van der Waals surface area (Å²) in [5, 5.41) is 0. The number of hydrogen-bond acceptors (Lipinski definition) is 2. The summed E-state index contributed by atoms with van der Waals surface area (Å²) in [5.74, 6) is 0. The fraction of sp³-hybridized carbons (Fsp3) is 0. The maximum Gasteiger partial charge on any atom is 0.268 e. The van der Waals surface area contributed by atoms with Crippen molar-refractivity contribution in [1.82, 2.24) is 0 Å². The Labute approximate surface area is 42.3 Å². The predicted octanol–water partition coefficient (Wildman–Crippen LogP) is -0.708. The predicted molar refractivity (Wildman–Crippen MR) is 11.8 cm³/mol. The van der Waals surface area contributed by atoms with E-state index in [9.17, 15) is 0 Å². The molecule has 0 unspecified atom stereocenters. The molecule has 0 aliphatic heterocycles. The van der Waals surface area contributed by atoms with Gasteiger partial charge in [0.15, 0.2) is 6.29 Å². The van der Waals surface area contributed by atoms with Crippen LogP contribution in [0.5, 0.6) is 0 Å². The van der Waals surface area contributed by atoms with Gasteiger partial charge in [0, 0.05) is 19.5 Å². The minimum absolute atomic E-state index is 0. The summed E-state index contributed by atoms with van der Waals surface area (Å²) in [6.07, 6.45) is 1.07. The Kier molecular flexibility index (Phi) is 16.0. The van der Waals surface area contributed by atoms with Crippen molar-refractivity contribution in [2.24, 2.45) is 0 Å². The van der Waals surface area contributed by atoms with Crippen LogP contribution in [-0.2, 0) is 29.1 Å². The van der Waals surface area contributed by atoms with Gasteiger partial charge in [-0.1, -0.05) is 0 Å². The summed E-state index contributed by atoms with van der Waals surface area (Å²) >= 11 is 0. The van der Waals surface area contributed by atoms with Crippen molar-refractivity contribution in [3.05, 3.63) is 0 Å². The number of carbonyl (C=O) groups is 1. The minimum atomic E-state index is 0. The third-order valence-corrected chi connectivity index (χ3v) is 0.0481. The van der Waals surface area contributed by atoms with E-state index in [1.807, 2.05) is 0 Å². The first-order chi connectivity index (χ1) is 1.91. The topological polar surface area (TPSA) is 34.1 Å². The summed E-state index contributed by atoms with van der Waals surface area (Å²) < 4.78 is 0. The van der Waals surface area contributed by atoms with Crippen molar-refractivity contribution in [1.29, 1.82) is 0 Å². The molecule has 0 atom stereocenters. The average molecular weight is 160 g/mol. The van der Waals surface area contributed by atoms with Crippen molar-refractivity contribution >= 4 is 12.6 Å². The first kappa shape index (κ1) is 8.88. The smallest absolute Gasteiger partial charge is 0.268 e. The first-order valence-corrected chi connectivity index (χ1v) is 0.729. The van der Waals surface area contributed by atoms with Crippen LogP contribution >= 0.6 is 0 Å². The van der Waals surface area contributed by atoms with Crippen molar-refractivity contribution in [3.63, 3.8) is 0 Å². The molecular weight excluding hydrogens is 159 g/mol. The van der Waals surface area contributed by atoms with E-state index in [2.05, 4.69) is 0 Å². The molecule has 0 saturated carbocycles. The van der Waals surface area contributed by atoms with Crippen molar-refractivity contribution in [2.45, 2.75) is 0 Å². The maximum absolute atomic E-state index is 8.75. The van der Waals surface area contributed by atoms with Gasteiger partial charge in [0.05, 0.1) is 0 Å². The first-order valence-electron chi connectivity index (χ1n) is 0.729. The Morgan fingerprint density at radius 2 is 1.80 bits per heavy atom. The summed E-state index contributed by atoms with van der Waals surface area (Å²) in [6, 6.07) is 0. The molecule has 0 bridgehead atoms. The molecule has 5 heavy (non-hydrogen) atoms. The molecule has 0 heterocycles. The van der Waals surface area contributed by atoms with Gasteiger partial charge in [-0.25, -0.2) is 0 Å². The van der Waals surface area contributed by atoms with Crippen LogP contribution in [0.3, 0.4) is 0 Å². The number of rotatable bonds is 1. The normalized spacial score (nSPS) is 4.00. The van der Waals surface area contributed by atoms with Gasteiger partial charge in [-0.2, -0.15) is 0 Å². The van der Waals surface area contributed by atoms with E-state index in [0.29, 0.717) is 0 Å². The molecule has 0 aromatic heterocycles. The van der Waals surface area contributed by atoms with E-state index in [4.69, 9.17) is 9.59 Å². The van der Waals surface area contributed by atoms with Gasteiger partial charge in [-0.15, -0.1) is 0 Å². The summed E-state index contributed by atoms with van der Waals surface area (Å²) in [5.41, 5.74) is 0. The number of aldehydes is 1. The van der Waals surface area contributed by atoms with Gasteiger partial charge in [-0.05, 0) is 0 Å². The van der Waals surface area contributed by atoms with Crippen molar-refractivity contribution in [2.75, 3.05) is 0 Å². The molecule has 0 aliphatic carbocycles. The second-order valence-corrected chi connectivity index (χ2v) is 0.236. The Balaban J connectivity index is 0. The zero-order valence-corrected chi connectivity index (χ0v) is 3.87. The van der Waals surface area contributed by atoms with Gasteiger partial charge in [-0.3, -0.25) is 9.59 Å². The molecule has 0 amide bonds. The molecule has 2 nitrogen and oxygen atoms in total. The standard InChI is InChI=1S/C2HO2.Rh/c3-1-2-4;/h1H;. The zero-order chi connectivity index (χ0) is 3.41. The van der Waals surface area contributed by atoms with Gasteiger partial charge in [0.1, 0.15) is 0 Å². The van der Waals surface area contributed by atoms with E-state index in [-0.39, 0.29) is 25.8 Å².